The summed E-state index contributed by atoms with van der Waals surface area (Å²) in [7, 11) is 0. The number of imidazole rings is 1. The van der Waals surface area contributed by atoms with Crippen LogP contribution in [0, 0.1) is 6.92 Å². The van der Waals surface area contributed by atoms with Gasteiger partial charge in [-0.2, -0.15) is 0 Å². The van der Waals surface area contributed by atoms with Gasteiger partial charge in [0.25, 0.3) is 5.91 Å². The monoisotopic (exact) mass is 733 g/mol. The highest BCUT2D eigenvalue weighted by Crippen LogP contribution is 2.35. The zero-order valence-corrected chi connectivity index (χ0v) is 28.6. The number of aryl methyl sites for hydroxylation is 1. The third-order valence-electron chi connectivity index (χ3n) is 7.21. The number of halogens is 3. The van der Waals surface area contributed by atoms with E-state index in [0.717, 1.165) is 15.9 Å². The molecule has 0 aliphatic heterocycles. The van der Waals surface area contributed by atoms with Crippen LogP contribution < -0.4 is 20.3 Å². The Bertz CT molecular complexity index is 1960. The minimum Gasteiger partial charge on any atom is -0.485 e. The molecule has 0 bridgehead atoms. The van der Waals surface area contributed by atoms with E-state index in [9.17, 15) is 14.4 Å². The van der Waals surface area contributed by atoms with Crippen molar-refractivity contribution in [3.8, 4) is 5.75 Å². The molecular formula is C35H30BrCl2N5O4. The molecule has 5 aromatic rings. The van der Waals surface area contributed by atoms with Gasteiger partial charge in [0.2, 0.25) is 11.8 Å². The lowest BCUT2D eigenvalue weighted by Crippen LogP contribution is -2.40. The van der Waals surface area contributed by atoms with Crippen molar-refractivity contribution in [3.05, 3.63) is 128 Å². The molecule has 0 atom stereocenters. The fourth-order valence-corrected chi connectivity index (χ4v) is 5.71. The number of carbonyl (C=O) groups excluding carboxylic acids is 3. The van der Waals surface area contributed by atoms with Crippen molar-refractivity contribution in [2.45, 2.75) is 20.5 Å². The second kappa shape index (κ2) is 15.3. The number of aromatic nitrogens is 2. The second-order valence-electron chi connectivity index (χ2n) is 10.3. The van der Waals surface area contributed by atoms with Crippen molar-refractivity contribution in [3.63, 3.8) is 0 Å². The Morgan fingerprint density at radius 3 is 2.47 bits per heavy atom. The number of hydrogen-bond acceptors (Lipinski definition) is 5. The molecule has 0 aliphatic carbocycles. The highest BCUT2D eigenvalue weighted by molar-refractivity contribution is 9.10. The van der Waals surface area contributed by atoms with E-state index in [0.29, 0.717) is 45.5 Å². The minimum absolute atomic E-state index is 0.0440. The van der Waals surface area contributed by atoms with E-state index in [4.69, 9.17) is 27.9 Å². The maximum absolute atomic E-state index is 13.2. The van der Waals surface area contributed by atoms with Crippen molar-refractivity contribution in [2.24, 2.45) is 0 Å². The van der Waals surface area contributed by atoms with Crippen LogP contribution in [0.25, 0.3) is 11.7 Å². The molecule has 0 fully saturated rings. The highest BCUT2D eigenvalue weighted by Gasteiger charge is 2.21. The molecule has 47 heavy (non-hydrogen) atoms. The molecule has 0 aliphatic rings. The van der Waals surface area contributed by atoms with Gasteiger partial charge in [-0.25, -0.2) is 4.98 Å². The summed E-state index contributed by atoms with van der Waals surface area (Å²) in [5.74, 6) is -0.465. The van der Waals surface area contributed by atoms with Crippen molar-refractivity contribution < 1.29 is 19.1 Å². The number of likely N-dealkylation sites (N-methyl/N-ethyl adjacent to an activating group) is 1. The molecule has 0 saturated heterocycles. The zero-order valence-electron chi connectivity index (χ0n) is 25.5. The van der Waals surface area contributed by atoms with Crippen LogP contribution in [0.4, 0.5) is 11.4 Å². The van der Waals surface area contributed by atoms with Crippen molar-refractivity contribution >= 4 is 80.0 Å². The fourth-order valence-electron chi connectivity index (χ4n) is 4.76. The predicted octanol–water partition coefficient (Wildman–Crippen LogP) is 7.73. The lowest BCUT2D eigenvalue weighted by Gasteiger charge is -2.24. The number of hydrogen-bond donors (Lipinski definition) is 2. The SMILES string of the molecule is CCN(C(=O)CNC(=O)/C=C/c1ccc(NC(=O)c2ccccc2)cc1)c1ccc(Cl)c(COc2cccn3c(Br)c(C)nc23)c1Cl. The highest BCUT2D eigenvalue weighted by atomic mass is 79.9. The number of fused-ring (bicyclic) bond motifs is 1. The first-order valence-corrected chi connectivity index (χ1v) is 16.2. The Kier molecular flexibility index (Phi) is 11.0. The Morgan fingerprint density at radius 2 is 1.74 bits per heavy atom. The summed E-state index contributed by atoms with van der Waals surface area (Å²) in [6.07, 6.45) is 4.83. The predicted molar refractivity (Wildman–Crippen MR) is 189 cm³/mol. The Morgan fingerprint density at radius 1 is 1.00 bits per heavy atom. The van der Waals surface area contributed by atoms with Crippen molar-refractivity contribution in [1.29, 1.82) is 0 Å². The molecule has 0 radical (unpaired) electrons. The van der Waals surface area contributed by atoms with Crippen LogP contribution in [-0.4, -0.2) is 40.2 Å². The normalized spacial score (nSPS) is 11.1. The molecule has 0 spiro atoms. The van der Waals surface area contributed by atoms with Crippen molar-refractivity contribution in [1.82, 2.24) is 14.7 Å². The molecule has 240 valence electrons. The summed E-state index contributed by atoms with van der Waals surface area (Å²) >= 11 is 16.8. The van der Waals surface area contributed by atoms with Crippen LogP contribution >= 0.6 is 39.1 Å². The first-order valence-electron chi connectivity index (χ1n) is 14.6. The van der Waals surface area contributed by atoms with Crippen LogP contribution in [-0.2, 0) is 16.2 Å². The van der Waals surface area contributed by atoms with Gasteiger partial charge < -0.3 is 20.3 Å². The van der Waals surface area contributed by atoms with Crippen molar-refractivity contribution in [2.75, 3.05) is 23.3 Å². The Hall–Kier alpha value is -4.64. The van der Waals surface area contributed by atoms with Crippen LogP contribution in [0.1, 0.15) is 34.1 Å². The number of anilines is 2. The summed E-state index contributed by atoms with van der Waals surface area (Å²) in [6.45, 7) is 3.80. The number of amides is 3. The van der Waals surface area contributed by atoms with Crippen LogP contribution in [0.15, 0.2) is 95.7 Å². The zero-order chi connectivity index (χ0) is 33.5. The molecule has 9 nitrogen and oxygen atoms in total. The average Bonchev–Trinajstić information content (AvgIpc) is 3.38. The topological polar surface area (TPSA) is 105 Å². The van der Waals surface area contributed by atoms with Gasteiger partial charge in [-0.1, -0.05) is 53.5 Å². The van der Waals surface area contributed by atoms with Gasteiger partial charge in [-0.05, 0) is 89.9 Å². The standard InChI is InChI=1S/C35H30BrCl2N5O4/c1-3-42(28-17-16-27(37)26(32(28)38)21-47-29-10-7-19-43-33(36)22(2)40-34(29)43)31(45)20-39-30(44)18-13-23-11-14-25(15-12-23)41-35(46)24-8-5-4-6-9-24/h4-19H,3,20-21H2,1-2H3,(H,39,44)(H,41,46)/b18-13+. The third-order valence-corrected chi connectivity index (χ3v) is 8.94. The number of nitrogens with one attached hydrogen (secondary N) is 2. The number of pyridine rings is 1. The fraction of sp³-hybridized carbons (Fsp3) is 0.143. The Labute approximate surface area is 290 Å². The lowest BCUT2D eigenvalue weighted by atomic mass is 10.1. The van der Waals surface area contributed by atoms with Gasteiger partial charge in [0.15, 0.2) is 11.4 Å². The minimum atomic E-state index is -0.442. The van der Waals surface area contributed by atoms with E-state index >= 15 is 0 Å². The molecule has 12 heteroatoms. The molecule has 2 N–H and O–H groups in total. The first kappa shape index (κ1) is 33.7. The van der Waals surface area contributed by atoms with Gasteiger partial charge in [-0.3, -0.25) is 18.8 Å². The van der Waals surface area contributed by atoms with E-state index < -0.39 is 5.91 Å². The van der Waals surface area contributed by atoms with Gasteiger partial charge in [0.1, 0.15) is 11.2 Å². The summed E-state index contributed by atoms with van der Waals surface area (Å²) in [4.78, 5) is 44.1. The summed E-state index contributed by atoms with van der Waals surface area (Å²) in [5.41, 5.74) is 4.34. The number of ether oxygens (including phenoxy) is 1. The number of rotatable bonds is 11. The van der Waals surface area contributed by atoms with Gasteiger partial charge in [0, 0.05) is 40.7 Å². The molecule has 3 amide bonds. The summed E-state index contributed by atoms with van der Waals surface area (Å²) < 4.78 is 8.79. The maximum atomic E-state index is 13.2. The largest absolute Gasteiger partial charge is 0.485 e. The number of nitrogens with zero attached hydrogens (tertiary/aromatic N) is 3. The maximum Gasteiger partial charge on any atom is 0.255 e. The van der Waals surface area contributed by atoms with E-state index in [1.54, 1.807) is 72.8 Å². The van der Waals surface area contributed by atoms with Crippen LogP contribution in [0.5, 0.6) is 5.75 Å². The number of carbonyl (C=O) groups is 3. The van der Waals surface area contributed by atoms with Crippen LogP contribution in [0.3, 0.4) is 0 Å². The summed E-state index contributed by atoms with van der Waals surface area (Å²) in [5, 5.41) is 6.12. The molecule has 2 aromatic heterocycles. The van der Waals surface area contributed by atoms with E-state index in [1.165, 1.54) is 11.0 Å². The van der Waals surface area contributed by atoms with E-state index in [1.807, 2.05) is 36.6 Å². The van der Waals surface area contributed by atoms with Gasteiger partial charge >= 0.3 is 0 Å². The lowest BCUT2D eigenvalue weighted by molar-refractivity contribution is -0.122. The average molecular weight is 735 g/mol. The summed E-state index contributed by atoms with van der Waals surface area (Å²) in [6, 6.07) is 22.9. The Balaban J connectivity index is 1.18. The molecular weight excluding hydrogens is 705 g/mol. The molecule has 0 unspecified atom stereocenters. The van der Waals surface area contributed by atoms with Gasteiger partial charge in [-0.15, -0.1) is 0 Å². The quantitative estimate of drug-likeness (QED) is 0.135. The third kappa shape index (κ3) is 8.02. The molecule has 2 heterocycles. The number of benzene rings is 3. The molecule has 5 rings (SSSR count). The first-order chi connectivity index (χ1) is 22.7. The van der Waals surface area contributed by atoms with Gasteiger partial charge in [0.05, 0.1) is 22.9 Å². The smallest absolute Gasteiger partial charge is 0.255 e. The van der Waals surface area contributed by atoms with Crippen LogP contribution in [0.2, 0.25) is 10.0 Å². The van der Waals surface area contributed by atoms with E-state index in [-0.39, 0.29) is 30.0 Å². The second-order valence-corrected chi connectivity index (χ2v) is 11.9. The molecule has 3 aromatic carbocycles. The molecule has 0 saturated carbocycles. The van der Waals surface area contributed by atoms with E-state index in [2.05, 4.69) is 31.5 Å².